The van der Waals surface area contributed by atoms with E-state index in [2.05, 4.69) is 32.1 Å². The number of hydrazine groups is 2. The number of esters is 2. The lowest BCUT2D eigenvalue weighted by Crippen LogP contribution is -2.62. The van der Waals surface area contributed by atoms with Crippen LogP contribution < -0.4 is 32.1 Å². The molecule has 2 aromatic heterocycles. The van der Waals surface area contributed by atoms with Gasteiger partial charge in [0.2, 0.25) is 17.6 Å². The maximum absolute atomic E-state index is 15.4. The Hall–Kier alpha value is -7.88. The van der Waals surface area contributed by atoms with Crippen molar-refractivity contribution in [1.82, 2.24) is 52.1 Å². The number of pyridine rings is 2. The molecule has 4 aromatic rings. The van der Waals surface area contributed by atoms with Crippen LogP contribution in [0.3, 0.4) is 0 Å². The standard InChI is InChI=1S/C64H78F2N10O14/c1-35(2)52-56(79)69-39(7)58(81)75-22-8-10-46(73-75)55(78)68-38(6)48-26-43(44-16-13-41(25-50(44)71-48)19-21-63(61(84)89-52)32-87-64(28-65,29-66)88-33-63)27-51-59(82)76-23-9-11-47(74-76)54(77)67-37(5)45-17-15-42-14-12-40(24-49(42)70-45)18-20-62(30-85-34-86-31-62)60(83)90-53(36(3)4)57(80)72-51/h12-21,24-26,35-39,46-47,51-53,73-74H,8-11,22-23,27-34H2,1-7H3,(H,67,77)(H,68,78)(H,69,79)(H,72,80)/b20-18+,21-19+/t37-,38-,39+,46+,47+,51+,52+,53+/m1/s1. The van der Waals surface area contributed by atoms with Crippen molar-refractivity contribution in [2.45, 2.75) is 135 Å². The molecule has 0 saturated carbocycles. The molecule has 8 atom stereocenters. The smallest absolute Gasteiger partial charge is 0.321 e. The monoisotopic (exact) mass is 1250 g/mol. The summed E-state index contributed by atoms with van der Waals surface area (Å²) in [4.78, 5) is 126. The maximum Gasteiger partial charge on any atom is 0.321 e. The molecular weight excluding hydrogens is 1170 g/mol. The number of rotatable bonds is 6. The topological polar surface area (TPSA) is 296 Å². The van der Waals surface area contributed by atoms with Crippen molar-refractivity contribution in [3.63, 3.8) is 0 Å². The lowest BCUT2D eigenvalue weighted by atomic mass is 9.87. The van der Waals surface area contributed by atoms with Gasteiger partial charge in [0.05, 0.1) is 60.9 Å². The molecule has 482 valence electrons. The first kappa shape index (κ1) is 65.1. The van der Waals surface area contributed by atoms with Gasteiger partial charge in [-0.05, 0) is 99.2 Å². The molecule has 24 nitrogen and oxygen atoms in total. The lowest BCUT2D eigenvalue weighted by Gasteiger charge is -2.41. The predicted octanol–water partition coefficient (Wildman–Crippen LogP) is 4.21. The molecule has 10 rings (SSSR count). The van der Waals surface area contributed by atoms with Crippen molar-refractivity contribution in [2.75, 3.05) is 59.7 Å². The fraction of sp³-hybridized carbons (Fsp3) is 0.531. The summed E-state index contributed by atoms with van der Waals surface area (Å²) in [5.74, 6) is -9.14. The van der Waals surface area contributed by atoms with E-state index in [4.69, 9.17) is 38.4 Å². The summed E-state index contributed by atoms with van der Waals surface area (Å²) in [7, 11) is 0. The highest BCUT2D eigenvalue weighted by molar-refractivity contribution is 5.95. The number of carbonyl (C=O) groups is 8. The van der Waals surface area contributed by atoms with Crippen molar-refractivity contribution < 1.29 is 75.6 Å². The fourth-order valence-corrected chi connectivity index (χ4v) is 11.7. The predicted molar refractivity (Wildman–Crippen MR) is 321 cm³/mol. The first-order valence-electron chi connectivity index (χ1n) is 30.6. The quantitative estimate of drug-likeness (QED) is 0.147. The third-order valence-electron chi connectivity index (χ3n) is 17.3. The van der Waals surface area contributed by atoms with Crippen LogP contribution in [-0.2, 0) is 73.2 Å². The second kappa shape index (κ2) is 27.3. The van der Waals surface area contributed by atoms with E-state index in [1.165, 1.54) is 29.1 Å². The Bertz CT molecular complexity index is 3470. The first-order chi connectivity index (χ1) is 43.0. The molecule has 10 bridgehead atoms. The van der Waals surface area contributed by atoms with Gasteiger partial charge in [0, 0.05) is 30.3 Å². The molecule has 0 unspecified atom stereocenters. The van der Waals surface area contributed by atoms with E-state index < -0.39 is 151 Å². The van der Waals surface area contributed by atoms with E-state index in [9.17, 15) is 37.5 Å². The Morgan fingerprint density at radius 1 is 0.578 bits per heavy atom. The Kier molecular flexibility index (Phi) is 19.7. The van der Waals surface area contributed by atoms with Crippen molar-refractivity contribution in [3.8, 4) is 0 Å². The first-order valence-corrected chi connectivity index (χ1v) is 30.6. The normalized spacial score (nSPS) is 28.1. The molecule has 8 heterocycles. The highest BCUT2D eigenvalue weighted by Crippen LogP contribution is 2.37. The van der Waals surface area contributed by atoms with Crippen LogP contribution in [-0.4, -0.2) is 169 Å². The van der Waals surface area contributed by atoms with E-state index in [0.29, 0.717) is 70.2 Å². The largest absolute Gasteiger partial charge is 0.451 e. The molecule has 2 spiro atoms. The van der Waals surface area contributed by atoms with Crippen molar-refractivity contribution in [3.05, 3.63) is 94.8 Å². The van der Waals surface area contributed by atoms with Gasteiger partial charge in [-0.2, -0.15) is 0 Å². The van der Waals surface area contributed by atoms with E-state index in [0.717, 1.165) is 5.39 Å². The highest BCUT2D eigenvalue weighted by atomic mass is 19.1. The molecule has 6 amide bonds. The number of hydrogen-bond donors (Lipinski definition) is 6. The molecule has 0 radical (unpaired) electrons. The van der Waals surface area contributed by atoms with Crippen molar-refractivity contribution in [2.24, 2.45) is 22.7 Å². The van der Waals surface area contributed by atoms with Gasteiger partial charge in [-0.15, -0.1) is 0 Å². The zero-order valence-corrected chi connectivity index (χ0v) is 51.4. The van der Waals surface area contributed by atoms with Crippen LogP contribution in [0.15, 0.2) is 66.7 Å². The van der Waals surface area contributed by atoms with E-state index in [1.807, 2.05) is 37.3 Å². The minimum atomic E-state index is -2.30. The number of hydrogen-bond acceptors (Lipinski definition) is 18. The Balaban J connectivity index is 1.06. The van der Waals surface area contributed by atoms with Gasteiger partial charge in [-0.1, -0.05) is 82.3 Å². The van der Waals surface area contributed by atoms with Crippen LogP contribution in [0.5, 0.6) is 0 Å². The molecule has 6 aliphatic rings. The SMILES string of the molecule is CC(C)[C@@H]1OC(=O)C2(/C=C/c3ccc4c(C[C@@H]5NC(=O)[C@H](C(C)C)OC(=O)C6(/C=C/c7ccc8ccc(nc8c7)[C@@H](C)NC(=O)[C@@H]7CCCN(N7)C5=O)COCOC6)cc(nc4c3)[C@@H](C)NC(=O)[C@@H]3CCCN(N3)C(=O)[C@H](C)NC1=O)COC(CF)(CF)OC2. The van der Waals surface area contributed by atoms with Gasteiger partial charge in [0.15, 0.2) is 12.2 Å². The van der Waals surface area contributed by atoms with Gasteiger partial charge < -0.3 is 49.7 Å². The number of ether oxygens (including phenoxy) is 6. The second-order valence-electron chi connectivity index (χ2n) is 24.9. The summed E-state index contributed by atoms with van der Waals surface area (Å²) in [5.41, 5.74) is 6.11. The minimum Gasteiger partial charge on any atom is -0.451 e. The number of amides is 6. The van der Waals surface area contributed by atoms with E-state index in [1.54, 1.807) is 71.0 Å². The van der Waals surface area contributed by atoms with Gasteiger partial charge in [-0.3, -0.25) is 58.3 Å². The molecule has 4 saturated heterocycles. The number of nitrogens with zero attached hydrogens (tertiary/aromatic N) is 4. The van der Waals surface area contributed by atoms with Gasteiger partial charge in [0.25, 0.3) is 23.6 Å². The second-order valence-corrected chi connectivity index (χ2v) is 24.9. The Labute approximate surface area is 519 Å². The Morgan fingerprint density at radius 3 is 1.66 bits per heavy atom. The van der Waals surface area contributed by atoms with Crippen LogP contribution in [0.25, 0.3) is 34.0 Å². The Morgan fingerprint density at radius 2 is 1.08 bits per heavy atom. The zero-order chi connectivity index (χ0) is 64.2. The van der Waals surface area contributed by atoms with Crippen LogP contribution in [0.2, 0.25) is 0 Å². The highest BCUT2D eigenvalue weighted by Gasteiger charge is 2.51. The van der Waals surface area contributed by atoms with Gasteiger partial charge >= 0.3 is 11.9 Å². The van der Waals surface area contributed by atoms with Crippen LogP contribution in [0.1, 0.15) is 114 Å². The van der Waals surface area contributed by atoms with Crippen LogP contribution in [0, 0.1) is 22.7 Å². The van der Waals surface area contributed by atoms with E-state index >= 15 is 9.59 Å². The summed E-state index contributed by atoms with van der Waals surface area (Å²) >= 11 is 0. The summed E-state index contributed by atoms with van der Waals surface area (Å²) in [6, 6.07) is 10.2. The minimum absolute atomic E-state index is 0.0784. The van der Waals surface area contributed by atoms with Crippen LogP contribution >= 0.6 is 0 Å². The average Bonchev–Trinajstić information content (AvgIpc) is 1.13. The number of alkyl halides is 2. The number of aromatic nitrogens is 2. The number of cyclic esters (lactones) is 2. The molecule has 2 aromatic carbocycles. The van der Waals surface area contributed by atoms with E-state index in [-0.39, 0.29) is 39.5 Å². The molecule has 26 heteroatoms. The van der Waals surface area contributed by atoms with Crippen molar-refractivity contribution in [1.29, 1.82) is 0 Å². The fourth-order valence-electron chi connectivity index (χ4n) is 11.7. The molecular formula is C64H78F2N10O14. The molecule has 6 N–H and O–H groups in total. The summed E-state index contributed by atoms with van der Waals surface area (Å²) in [5, 5.41) is 15.5. The summed E-state index contributed by atoms with van der Waals surface area (Å²) in [6.07, 6.45) is 4.59. The summed E-state index contributed by atoms with van der Waals surface area (Å²) < 4.78 is 63.4. The molecule has 90 heavy (non-hydrogen) atoms. The maximum atomic E-state index is 15.4. The third kappa shape index (κ3) is 14.0. The number of benzene rings is 2. The third-order valence-corrected chi connectivity index (χ3v) is 17.3. The van der Waals surface area contributed by atoms with Crippen molar-refractivity contribution >= 4 is 81.3 Å². The average molecular weight is 1250 g/mol. The molecule has 4 fully saturated rings. The number of nitrogens with one attached hydrogen (secondary N) is 6. The lowest BCUT2D eigenvalue weighted by molar-refractivity contribution is -0.305. The number of fused-ring (bicyclic) bond motifs is 8. The zero-order valence-electron chi connectivity index (χ0n) is 51.4. The van der Waals surface area contributed by atoms with Gasteiger partial charge in [0.1, 0.15) is 55.1 Å². The number of halogens is 2. The molecule has 6 aliphatic heterocycles. The summed E-state index contributed by atoms with van der Waals surface area (Å²) in [6.45, 7) is 7.57. The van der Waals surface area contributed by atoms with Crippen LogP contribution in [0.4, 0.5) is 8.78 Å². The molecule has 0 aliphatic carbocycles. The number of carbonyl (C=O) groups excluding carboxylic acids is 8. The van der Waals surface area contributed by atoms with Gasteiger partial charge in [-0.25, -0.2) is 19.6 Å².